The molecule has 0 radical (unpaired) electrons. The average Bonchev–Trinajstić information content (AvgIpc) is 2.61. The van der Waals surface area contributed by atoms with Gasteiger partial charge in [-0.05, 0) is 36.3 Å². The van der Waals surface area contributed by atoms with Gasteiger partial charge in [0.1, 0.15) is 6.04 Å². The number of amides is 1. The van der Waals surface area contributed by atoms with Crippen molar-refractivity contribution in [1.82, 2.24) is 10.8 Å². The monoisotopic (exact) mass is 334 g/mol. The van der Waals surface area contributed by atoms with Crippen LogP contribution in [0.5, 0.6) is 0 Å². The summed E-state index contributed by atoms with van der Waals surface area (Å²) in [5.74, 6) is -0.993. The first-order valence-electron chi connectivity index (χ1n) is 8.57. The second kappa shape index (κ2) is 9.39. The summed E-state index contributed by atoms with van der Waals surface area (Å²) >= 11 is 0. The number of nitrogens with one attached hydrogen (secondary N) is 2. The topological polar surface area (TPSA) is 98.7 Å². The lowest BCUT2D eigenvalue weighted by Gasteiger charge is -2.28. The van der Waals surface area contributed by atoms with E-state index in [1.807, 2.05) is 24.3 Å². The number of hydrogen-bond donors (Lipinski definition) is 4. The fourth-order valence-corrected chi connectivity index (χ4v) is 3.36. The quantitative estimate of drug-likeness (QED) is 0.432. The maximum Gasteiger partial charge on any atom is 0.320 e. The third-order valence-corrected chi connectivity index (χ3v) is 4.67. The smallest absolute Gasteiger partial charge is 0.320 e. The zero-order chi connectivity index (χ0) is 17.4. The van der Waals surface area contributed by atoms with Gasteiger partial charge in [0.2, 0.25) is 5.91 Å². The van der Waals surface area contributed by atoms with Crippen LogP contribution in [-0.4, -0.2) is 28.2 Å². The molecular formula is C18H26N2O4. The molecule has 1 aromatic carbocycles. The van der Waals surface area contributed by atoms with Gasteiger partial charge in [-0.1, -0.05) is 43.5 Å². The molecule has 1 aliphatic carbocycles. The zero-order valence-corrected chi connectivity index (χ0v) is 13.8. The summed E-state index contributed by atoms with van der Waals surface area (Å²) in [5.41, 5.74) is 3.61. The highest BCUT2D eigenvalue weighted by Gasteiger charge is 2.28. The maximum atomic E-state index is 11.6. The van der Waals surface area contributed by atoms with Crippen LogP contribution in [0.25, 0.3) is 0 Å². The molecule has 1 aromatic rings. The number of hydrogen-bond acceptors (Lipinski definition) is 4. The lowest BCUT2D eigenvalue weighted by Crippen LogP contribution is -2.43. The number of carbonyl (C=O) groups excluding carboxylic acids is 1. The second-order valence-electron chi connectivity index (χ2n) is 6.45. The van der Waals surface area contributed by atoms with Crippen molar-refractivity contribution in [2.45, 2.75) is 57.5 Å². The van der Waals surface area contributed by atoms with Crippen molar-refractivity contribution in [2.24, 2.45) is 5.92 Å². The number of carboxylic acids is 1. The SMILES string of the molecule is O=C(CCc1cccc(CNC(C(=O)O)C2CCCCC2)c1)NO. The lowest BCUT2D eigenvalue weighted by atomic mass is 9.84. The predicted molar refractivity (Wildman–Crippen MR) is 89.5 cm³/mol. The molecule has 4 N–H and O–H groups in total. The standard InChI is InChI=1S/C18H26N2O4/c21-16(20-24)10-9-13-5-4-6-14(11-13)12-19-17(18(22)23)15-7-2-1-3-8-15/h4-6,11,15,17,19,24H,1-3,7-10,12H2,(H,20,21)(H,22,23). The van der Waals surface area contributed by atoms with Crippen LogP contribution >= 0.6 is 0 Å². The molecule has 0 aromatic heterocycles. The predicted octanol–water partition coefficient (Wildman–Crippen LogP) is 2.25. The van der Waals surface area contributed by atoms with Crippen molar-refractivity contribution >= 4 is 11.9 Å². The van der Waals surface area contributed by atoms with E-state index in [-0.39, 0.29) is 12.3 Å². The van der Waals surface area contributed by atoms with Crippen LogP contribution in [0.4, 0.5) is 0 Å². The molecule has 6 nitrogen and oxygen atoms in total. The number of rotatable bonds is 8. The first-order valence-corrected chi connectivity index (χ1v) is 8.57. The average molecular weight is 334 g/mol. The summed E-state index contributed by atoms with van der Waals surface area (Å²) in [6.07, 6.45) is 6.11. The van der Waals surface area contributed by atoms with E-state index in [1.165, 1.54) is 6.42 Å². The van der Waals surface area contributed by atoms with Gasteiger partial charge < -0.3 is 10.4 Å². The molecule has 1 unspecified atom stereocenters. The highest BCUT2D eigenvalue weighted by Crippen LogP contribution is 2.26. The van der Waals surface area contributed by atoms with E-state index in [9.17, 15) is 14.7 Å². The Morgan fingerprint density at radius 2 is 1.88 bits per heavy atom. The van der Waals surface area contributed by atoms with E-state index in [1.54, 1.807) is 5.48 Å². The van der Waals surface area contributed by atoms with Gasteiger partial charge in [-0.3, -0.25) is 14.8 Å². The van der Waals surface area contributed by atoms with E-state index in [0.29, 0.717) is 13.0 Å². The van der Waals surface area contributed by atoms with Gasteiger partial charge in [0.25, 0.3) is 0 Å². The number of hydroxylamine groups is 1. The molecule has 0 aliphatic heterocycles. The van der Waals surface area contributed by atoms with Crippen LogP contribution in [-0.2, 0) is 22.6 Å². The summed E-state index contributed by atoms with van der Waals surface area (Å²) in [5, 5.41) is 21.2. The van der Waals surface area contributed by atoms with Crippen molar-refractivity contribution in [2.75, 3.05) is 0 Å². The lowest BCUT2D eigenvalue weighted by molar-refractivity contribution is -0.141. The fraction of sp³-hybridized carbons (Fsp3) is 0.556. The van der Waals surface area contributed by atoms with Gasteiger partial charge in [0, 0.05) is 13.0 Å². The third-order valence-electron chi connectivity index (χ3n) is 4.67. The van der Waals surface area contributed by atoms with Gasteiger partial charge in [0.05, 0.1) is 0 Å². The van der Waals surface area contributed by atoms with Gasteiger partial charge >= 0.3 is 5.97 Å². The maximum absolute atomic E-state index is 11.6. The normalized spacial score (nSPS) is 16.5. The number of benzene rings is 1. The Labute approximate surface area is 142 Å². The molecule has 1 atom stereocenters. The molecule has 0 heterocycles. The molecule has 132 valence electrons. The number of aliphatic carboxylic acids is 1. The second-order valence-corrected chi connectivity index (χ2v) is 6.45. The van der Waals surface area contributed by atoms with Crippen LogP contribution in [0.3, 0.4) is 0 Å². The zero-order valence-electron chi connectivity index (χ0n) is 13.8. The van der Waals surface area contributed by atoms with Crippen LogP contribution in [0.1, 0.15) is 49.7 Å². The Morgan fingerprint density at radius 3 is 2.54 bits per heavy atom. The van der Waals surface area contributed by atoms with Crippen LogP contribution in [0.15, 0.2) is 24.3 Å². The van der Waals surface area contributed by atoms with Crippen molar-refractivity contribution in [1.29, 1.82) is 0 Å². The highest BCUT2D eigenvalue weighted by atomic mass is 16.5. The Balaban J connectivity index is 1.91. The van der Waals surface area contributed by atoms with E-state index < -0.39 is 17.9 Å². The molecule has 1 amide bonds. The van der Waals surface area contributed by atoms with E-state index in [2.05, 4.69) is 5.32 Å². The fourth-order valence-electron chi connectivity index (χ4n) is 3.36. The molecule has 6 heteroatoms. The van der Waals surface area contributed by atoms with Gasteiger partial charge in [0.15, 0.2) is 0 Å². The summed E-state index contributed by atoms with van der Waals surface area (Å²) < 4.78 is 0. The Kier molecular flexibility index (Phi) is 7.21. The minimum atomic E-state index is -0.780. The summed E-state index contributed by atoms with van der Waals surface area (Å²) in [7, 11) is 0. The molecule has 0 saturated heterocycles. The molecule has 24 heavy (non-hydrogen) atoms. The number of carbonyl (C=O) groups is 2. The van der Waals surface area contributed by atoms with E-state index in [4.69, 9.17) is 5.21 Å². The Morgan fingerprint density at radius 1 is 1.17 bits per heavy atom. The molecule has 1 saturated carbocycles. The number of aryl methyl sites for hydroxylation is 1. The van der Waals surface area contributed by atoms with Crippen LogP contribution in [0, 0.1) is 5.92 Å². The minimum absolute atomic E-state index is 0.202. The van der Waals surface area contributed by atoms with Gasteiger partial charge in [-0.25, -0.2) is 5.48 Å². The van der Waals surface area contributed by atoms with E-state index in [0.717, 1.165) is 36.8 Å². The molecule has 0 bridgehead atoms. The number of carboxylic acid groups (broad SMARTS) is 1. The van der Waals surface area contributed by atoms with Crippen LogP contribution in [0.2, 0.25) is 0 Å². The molecular weight excluding hydrogens is 308 g/mol. The highest BCUT2D eigenvalue weighted by molar-refractivity contribution is 5.75. The summed E-state index contributed by atoms with van der Waals surface area (Å²) in [6.45, 7) is 0.494. The Bertz CT molecular complexity index is 556. The van der Waals surface area contributed by atoms with Gasteiger partial charge in [-0.2, -0.15) is 0 Å². The minimum Gasteiger partial charge on any atom is -0.480 e. The summed E-state index contributed by atoms with van der Waals surface area (Å²) in [4.78, 5) is 22.7. The first-order chi connectivity index (χ1) is 11.6. The van der Waals surface area contributed by atoms with Crippen molar-refractivity contribution in [3.05, 3.63) is 35.4 Å². The Hall–Kier alpha value is -1.92. The molecule has 1 fully saturated rings. The molecule has 2 rings (SSSR count). The third kappa shape index (κ3) is 5.62. The first kappa shape index (κ1) is 18.4. The van der Waals surface area contributed by atoms with Crippen LogP contribution < -0.4 is 10.8 Å². The van der Waals surface area contributed by atoms with Gasteiger partial charge in [-0.15, -0.1) is 0 Å². The van der Waals surface area contributed by atoms with Crippen molar-refractivity contribution < 1.29 is 19.9 Å². The van der Waals surface area contributed by atoms with Crippen molar-refractivity contribution in [3.63, 3.8) is 0 Å². The largest absolute Gasteiger partial charge is 0.480 e. The molecule has 1 aliphatic rings. The summed E-state index contributed by atoms with van der Waals surface area (Å²) in [6, 6.07) is 7.23. The molecule has 0 spiro atoms. The van der Waals surface area contributed by atoms with Crippen molar-refractivity contribution in [3.8, 4) is 0 Å². The van der Waals surface area contributed by atoms with E-state index >= 15 is 0 Å².